The minimum Gasteiger partial charge on any atom is -0.296 e. The lowest BCUT2D eigenvalue weighted by Crippen LogP contribution is -2.12. The highest BCUT2D eigenvalue weighted by atomic mass is 35.5. The van der Waals surface area contributed by atoms with Gasteiger partial charge >= 0.3 is 0 Å². The van der Waals surface area contributed by atoms with E-state index in [1.54, 1.807) is 23.9 Å². The van der Waals surface area contributed by atoms with Gasteiger partial charge in [-0.15, -0.1) is 10.2 Å². The summed E-state index contributed by atoms with van der Waals surface area (Å²) in [4.78, 5) is 12.3. The first-order valence-electron chi connectivity index (χ1n) is 7.56. The van der Waals surface area contributed by atoms with Gasteiger partial charge in [0.1, 0.15) is 0 Å². The second kappa shape index (κ2) is 9.19. The van der Waals surface area contributed by atoms with E-state index in [-0.39, 0.29) is 5.91 Å². The molecule has 1 N–H and O–H groups in total. The molecule has 0 aliphatic rings. The zero-order valence-electron chi connectivity index (χ0n) is 13.4. The number of hydrogen-bond donors (Lipinski definition) is 1. The van der Waals surface area contributed by atoms with E-state index in [9.17, 15) is 4.79 Å². The number of aromatic nitrogens is 2. The third-order valence-corrected chi connectivity index (χ3v) is 5.69. The highest BCUT2D eigenvalue weighted by Crippen LogP contribution is 2.27. The Morgan fingerprint density at radius 2 is 1.96 bits per heavy atom. The molecule has 1 aromatic heterocycles. The molecule has 0 unspecified atom stereocenters. The molecule has 1 amide bonds. The summed E-state index contributed by atoms with van der Waals surface area (Å²) in [7, 11) is 0. The molecule has 0 bridgehead atoms. The van der Waals surface area contributed by atoms with Crippen LogP contribution in [0.5, 0.6) is 0 Å². The maximum absolute atomic E-state index is 12.3. The van der Waals surface area contributed by atoms with Gasteiger partial charge in [-0.2, -0.15) is 0 Å². The maximum atomic E-state index is 12.3. The fraction of sp³-hybridized carbons (Fsp3) is 0.0556. The molecule has 0 fully saturated rings. The van der Waals surface area contributed by atoms with Crippen molar-refractivity contribution in [2.75, 3.05) is 11.1 Å². The molecule has 0 spiro atoms. The Kier molecular flexibility index (Phi) is 6.68. The Morgan fingerprint density at radius 3 is 2.73 bits per heavy atom. The average Bonchev–Trinajstić information content (AvgIpc) is 3.07. The molecular formula is C18H13Cl2N3OS2. The molecular weight excluding hydrogens is 409 g/mol. The Hall–Kier alpha value is -1.86. The van der Waals surface area contributed by atoms with Crippen LogP contribution < -0.4 is 5.32 Å². The summed E-state index contributed by atoms with van der Waals surface area (Å²) in [5.74, 6) is 0.420. The number of nitrogens with one attached hydrogen (secondary N) is 1. The number of thioether (sulfide) groups is 1. The molecule has 0 saturated carbocycles. The minimum absolute atomic E-state index is 0.292. The number of nitrogens with zero attached hydrogens (tertiary/aromatic N) is 2. The molecule has 132 valence electrons. The molecule has 0 atom stereocenters. The summed E-state index contributed by atoms with van der Waals surface area (Å²) in [6, 6.07) is 14.8. The summed E-state index contributed by atoms with van der Waals surface area (Å²) in [5.41, 5.74) is 1.49. The second-order valence-electron chi connectivity index (χ2n) is 5.08. The topological polar surface area (TPSA) is 54.9 Å². The number of carbonyl (C=O) groups is 1. The average molecular weight is 422 g/mol. The molecule has 0 aliphatic carbocycles. The summed E-state index contributed by atoms with van der Waals surface area (Å²) in [6.07, 6.45) is 4.12. The number of hydrogen-bond acceptors (Lipinski definition) is 5. The standard InChI is InChI=1S/C18H13Cl2N3OS2/c19-13-8-9-14(15(20)11-13)16(24)21-17-22-23-18(26-17)25-10-4-7-12-5-2-1-3-6-12/h1-9,11H,10H2,(H,21,22,24)/b7-4+. The van der Waals surface area contributed by atoms with Crippen LogP contribution in [0.25, 0.3) is 6.08 Å². The highest BCUT2D eigenvalue weighted by Gasteiger charge is 2.13. The van der Waals surface area contributed by atoms with Gasteiger partial charge in [0.25, 0.3) is 5.91 Å². The van der Waals surface area contributed by atoms with Gasteiger partial charge in [0, 0.05) is 10.8 Å². The van der Waals surface area contributed by atoms with Gasteiger partial charge in [0.2, 0.25) is 5.13 Å². The molecule has 3 aromatic rings. The maximum Gasteiger partial charge on any atom is 0.259 e. The molecule has 0 saturated heterocycles. The zero-order valence-corrected chi connectivity index (χ0v) is 16.5. The first kappa shape index (κ1) is 18.9. The lowest BCUT2D eigenvalue weighted by molar-refractivity contribution is 0.102. The van der Waals surface area contributed by atoms with Crippen molar-refractivity contribution in [3.8, 4) is 0 Å². The van der Waals surface area contributed by atoms with Crippen molar-refractivity contribution >= 4 is 63.4 Å². The van der Waals surface area contributed by atoms with Gasteiger partial charge in [0.05, 0.1) is 10.6 Å². The Bertz CT molecular complexity index is 929. The number of halogens is 2. The van der Waals surface area contributed by atoms with Crippen LogP contribution in [0, 0.1) is 0 Å². The first-order valence-corrected chi connectivity index (χ1v) is 10.1. The highest BCUT2D eigenvalue weighted by molar-refractivity contribution is 8.01. The van der Waals surface area contributed by atoms with Crippen LogP contribution in [-0.2, 0) is 0 Å². The molecule has 3 rings (SSSR count). The molecule has 8 heteroatoms. The number of benzene rings is 2. The monoisotopic (exact) mass is 421 g/mol. The van der Waals surface area contributed by atoms with Crippen molar-refractivity contribution in [1.82, 2.24) is 10.2 Å². The Morgan fingerprint density at radius 1 is 1.15 bits per heavy atom. The van der Waals surface area contributed by atoms with Crippen LogP contribution in [0.15, 0.2) is 58.9 Å². The van der Waals surface area contributed by atoms with Gasteiger partial charge in [-0.25, -0.2) is 0 Å². The molecule has 26 heavy (non-hydrogen) atoms. The third kappa shape index (κ3) is 5.32. The Labute approximate surface area is 169 Å². The van der Waals surface area contributed by atoms with Gasteiger partial charge in [-0.05, 0) is 23.8 Å². The van der Waals surface area contributed by atoms with Crippen molar-refractivity contribution in [3.63, 3.8) is 0 Å². The quantitative estimate of drug-likeness (QED) is 0.397. The summed E-state index contributed by atoms with van der Waals surface area (Å²) >= 11 is 14.7. The summed E-state index contributed by atoms with van der Waals surface area (Å²) in [5, 5.41) is 12.0. The van der Waals surface area contributed by atoms with E-state index < -0.39 is 0 Å². The third-order valence-electron chi connectivity index (χ3n) is 3.22. The van der Waals surface area contributed by atoms with Crippen LogP contribution in [0.1, 0.15) is 15.9 Å². The van der Waals surface area contributed by atoms with Gasteiger partial charge in [-0.1, -0.05) is 88.8 Å². The number of rotatable bonds is 6. The van der Waals surface area contributed by atoms with Crippen LogP contribution in [-0.4, -0.2) is 21.9 Å². The lowest BCUT2D eigenvalue weighted by Gasteiger charge is -2.03. The number of carbonyl (C=O) groups excluding carboxylic acids is 1. The van der Waals surface area contributed by atoms with E-state index in [1.165, 1.54) is 17.4 Å². The van der Waals surface area contributed by atoms with Gasteiger partial charge in [0.15, 0.2) is 4.34 Å². The van der Waals surface area contributed by atoms with E-state index in [0.717, 1.165) is 15.7 Å². The van der Waals surface area contributed by atoms with Crippen LogP contribution >= 0.6 is 46.3 Å². The minimum atomic E-state index is -0.344. The smallest absolute Gasteiger partial charge is 0.259 e. The predicted octanol–water partition coefficient (Wildman–Crippen LogP) is 5.90. The van der Waals surface area contributed by atoms with Gasteiger partial charge in [-0.3, -0.25) is 10.1 Å². The number of amides is 1. The van der Waals surface area contributed by atoms with E-state index >= 15 is 0 Å². The normalized spacial score (nSPS) is 11.0. The first-order chi connectivity index (χ1) is 12.6. The second-order valence-corrected chi connectivity index (χ2v) is 8.16. The van der Waals surface area contributed by atoms with E-state index in [1.807, 2.05) is 30.3 Å². The van der Waals surface area contributed by atoms with E-state index in [2.05, 4.69) is 27.7 Å². The molecule has 4 nitrogen and oxygen atoms in total. The van der Waals surface area contributed by atoms with E-state index in [4.69, 9.17) is 23.2 Å². The lowest BCUT2D eigenvalue weighted by atomic mass is 10.2. The molecule has 0 radical (unpaired) electrons. The molecule has 0 aliphatic heterocycles. The molecule has 1 heterocycles. The predicted molar refractivity (Wildman–Crippen MR) is 111 cm³/mol. The van der Waals surface area contributed by atoms with Crippen molar-refractivity contribution < 1.29 is 4.79 Å². The van der Waals surface area contributed by atoms with Crippen molar-refractivity contribution in [1.29, 1.82) is 0 Å². The van der Waals surface area contributed by atoms with E-state index in [0.29, 0.717) is 20.7 Å². The van der Waals surface area contributed by atoms with Crippen molar-refractivity contribution in [3.05, 3.63) is 75.8 Å². The zero-order chi connectivity index (χ0) is 18.4. The summed E-state index contributed by atoms with van der Waals surface area (Å²) < 4.78 is 0.778. The molecule has 2 aromatic carbocycles. The SMILES string of the molecule is O=C(Nc1nnc(SC/C=C/c2ccccc2)s1)c1ccc(Cl)cc1Cl. The van der Waals surface area contributed by atoms with Crippen molar-refractivity contribution in [2.24, 2.45) is 0 Å². The summed E-state index contributed by atoms with van der Waals surface area (Å²) in [6.45, 7) is 0. The van der Waals surface area contributed by atoms with Gasteiger partial charge < -0.3 is 0 Å². The van der Waals surface area contributed by atoms with Crippen molar-refractivity contribution in [2.45, 2.75) is 4.34 Å². The number of anilines is 1. The fourth-order valence-electron chi connectivity index (χ4n) is 2.02. The van der Waals surface area contributed by atoms with Crippen LogP contribution in [0.3, 0.4) is 0 Å². The fourth-order valence-corrected chi connectivity index (χ4v) is 4.10. The Balaban J connectivity index is 1.54. The van der Waals surface area contributed by atoms with Crippen LogP contribution in [0.2, 0.25) is 10.0 Å². The van der Waals surface area contributed by atoms with Crippen LogP contribution in [0.4, 0.5) is 5.13 Å². The largest absolute Gasteiger partial charge is 0.296 e.